The summed E-state index contributed by atoms with van der Waals surface area (Å²) in [5.41, 5.74) is 0. The van der Waals surface area contributed by atoms with E-state index in [0.29, 0.717) is 6.42 Å². The van der Waals surface area contributed by atoms with E-state index in [9.17, 15) is 10.2 Å². The Hall–Kier alpha value is -0.640. The van der Waals surface area contributed by atoms with Crippen LogP contribution in [0.3, 0.4) is 0 Å². The van der Waals surface area contributed by atoms with Gasteiger partial charge < -0.3 is 14.9 Å². The molecule has 0 aromatic heterocycles. The van der Waals surface area contributed by atoms with Crippen LogP contribution < -0.4 is 0 Å². The van der Waals surface area contributed by atoms with Gasteiger partial charge in [-0.15, -0.1) is 6.58 Å². The van der Waals surface area contributed by atoms with Gasteiger partial charge in [-0.3, -0.25) is 0 Å². The van der Waals surface area contributed by atoms with Crippen molar-refractivity contribution in [2.45, 2.75) is 89.1 Å². The minimum atomic E-state index is -0.828. The van der Waals surface area contributed by atoms with Crippen molar-refractivity contribution < 1.29 is 14.9 Å². The van der Waals surface area contributed by atoms with Gasteiger partial charge in [0, 0.05) is 0 Å². The van der Waals surface area contributed by atoms with E-state index in [-0.39, 0.29) is 12.2 Å². The zero-order chi connectivity index (χ0) is 15.5. The molecule has 122 valence electrons. The molecule has 0 aromatic carbocycles. The summed E-state index contributed by atoms with van der Waals surface area (Å²) in [4.78, 5) is 0. The minimum Gasteiger partial charge on any atom is -0.390 e. The van der Waals surface area contributed by atoms with E-state index in [0.717, 1.165) is 12.8 Å². The first-order valence-electron chi connectivity index (χ1n) is 8.49. The minimum absolute atomic E-state index is 0.220. The molecule has 4 atom stereocenters. The van der Waals surface area contributed by atoms with E-state index in [1.54, 1.807) is 0 Å². The van der Waals surface area contributed by atoms with Crippen LogP contribution in [-0.4, -0.2) is 34.6 Å². The standard InChI is InChI=1S/C18H32O3/c1-3-5-6-7-8-9-10-11-12-17-18(21-17)14-13-16(20)15(19)4-2/h4,11-12,15-20H,2-3,5-10,13-14H2,1H3/b12-11-/t15-,16-,17+,18+/m0/s1. The second-order valence-electron chi connectivity index (χ2n) is 5.99. The SMILES string of the molecule is C=C[C@H](O)[C@@H](O)CC[C@H]1O[C@@H]1/C=C\CCCCCCCC. The largest absolute Gasteiger partial charge is 0.390 e. The van der Waals surface area contributed by atoms with Crippen LogP contribution in [-0.2, 0) is 4.74 Å². The van der Waals surface area contributed by atoms with E-state index in [1.165, 1.54) is 44.6 Å². The van der Waals surface area contributed by atoms with Gasteiger partial charge in [0.2, 0.25) is 0 Å². The lowest BCUT2D eigenvalue weighted by Gasteiger charge is -2.12. The summed E-state index contributed by atoms with van der Waals surface area (Å²) in [6.45, 7) is 5.71. The van der Waals surface area contributed by atoms with E-state index in [2.05, 4.69) is 25.7 Å². The molecular weight excluding hydrogens is 264 g/mol. The average molecular weight is 296 g/mol. The Labute approximate surface area is 129 Å². The summed E-state index contributed by atoms with van der Waals surface area (Å²) in [6.07, 6.45) is 15.1. The summed E-state index contributed by atoms with van der Waals surface area (Å²) >= 11 is 0. The highest BCUT2D eigenvalue weighted by atomic mass is 16.6. The summed E-state index contributed by atoms with van der Waals surface area (Å²) in [5, 5.41) is 19.0. The maximum absolute atomic E-state index is 9.62. The number of aliphatic hydroxyl groups excluding tert-OH is 2. The number of epoxide rings is 1. The van der Waals surface area contributed by atoms with Gasteiger partial charge >= 0.3 is 0 Å². The maximum Gasteiger partial charge on any atom is 0.102 e. The van der Waals surface area contributed by atoms with Crippen molar-refractivity contribution >= 4 is 0 Å². The average Bonchev–Trinajstić information content (AvgIpc) is 3.25. The molecule has 2 N–H and O–H groups in total. The van der Waals surface area contributed by atoms with Gasteiger partial charge in [-0.1, -0.05) is 57.3 Å². The molecule has 0 unspecified atom stereocenters. The number of aliphatic hydroxyl groups is 2. The highest BCUT2D eigenvalue weighted by Crippen LogP contribution is 2.28. The van der Waals surface area contributed by atoms with Gasteiger partial charge in [-0.2, -0.15) is 0 Å². The zero-order valence-electron chi connectivity index (χ0n) is 13.4. The second kappa shape index (κ2) is 11.0. The summed E-state index contributed by atoms with van der Waals surface area (Å²) in [5.74, 6) is 0. The quantitative estimate of drug-likeness (QED) is 0.309. The fourth-order valence-electron chi connectivity index (χ4n) is 2.49. The Morgan fingerprint density at radius 3 is 2.57 bits per heavy atom. The van der Waals surface area contributed by atoms with Crippen molar-refractivity contribution in [2.24, 2.45) is 0 Å². The van der Waals surface area contributed by atoms with Crippen LogP contribution >= 0.6 is 0 Å². The predicted octanol–water partition coefficient (Wildman–Crippen LogP) is 3.75. The van der Waals surface area contributed by atoms with Crippen molar-refractivity contribution in [2.75, 3.05) is 0 Å². The van der Waals surface area contributed by atoms with Gasteiger partial charge in [0.15, 0.2) is 0 Å². The Bertz CT molecular complexity index is 301. The Balaban J connectivity index is 1.96. The monoisotopic (exact) mass is 296 g/mol. The van der Waals surface area contributed by atoms with E-state index >= 15 is 0 Å². The zero-order valence-corrected chi connectivity index (χ0v) is 13.4. The van der Waals surface area contributed by atoms with Crippen LogP contribution in [0.2, 0.25) is 0 Å². The van der Waals surface area contributed by atoms with Gasteiger partial charge in [0.1, 0.15) is 6.10 Å². The van der Waals surface area contributed by atoms with Crippen molar-refractivity contribution in [3.63, 3.8) is 0 Å². The molecule has 0 amide bonds. The first kappa shape index (κ1) is 18.4. The topological polar surface area (TPSA) is 53.0 Å². The van der Waals surface area contributed by atoms with Gasteiger partial charge in [-0.25, -0.2) is 0 Å². The lowest BCUT2D eigenvalue weighted by Crippen LogP contribution is -2.23. The van der Waals surface area contributed by atoms with Gasteiger partial charge in [-0.05, 0) is 25.7 Å². The molecule has 0 aliphatic carbocycles. The lowest BCUT2D eigenvalue weighted by molar-refractivity contribution is 0.0407. The third-order valence-electron chi connectivity index (χ3n) is 4.05. The number of allylic oxidation sites excluding steroid dienone is 1. The summed E-state index contributed by atoms with van der Waals surface area (Å²) < 4.78 is 5.54. The predicted molar refractivity (Wildman–Crippen MR) is 87.2 cm³/mol. The lowest BCUT2D eigenvalue weighted by atomic mass is 10.1. The normalized spacial score (nSPS) is 24.1. The Morgan fingerprint density at radius 2 is 1.86 bits per heavy atom. The van der Waals surface area contributed by atoms with E-state index < -0.39 is 12.2 Å². The smallest absolute Gasteiger partial charge is 0.102 e. The molecule has 1 aliphatic rings. The van der Waals surface area contributed by atoms with Crippen LogP contribution in [0.25, 0.3) is 0 Å². The first-order chi connectivity index (χ1) is 10.2. The molecule has 0 radical (unpaired) electrons. The highest BCUT2D eigenvalue weighted by Gasteiger charge is 2.36. The van der Waals surface area contributed by atoms with Crippen LogP contribution in [0.5, 0.6) is 0 Å². The molecule has 1 rings (SSSR count). The molecule has 3 nitrogen and oxygen atoms in total. The third-order valence-corrected chi connectivity index (χ3v) is 4.05. The Kier molecular flexibility index (Phi) is 9.64. The van der Waals surface area contributed by atoms with Crippen molar-refractivity contribution in [3.8, 4) is 0 Å². The molecular formula is C18H32O3. The number of unbranched alkanes of at least 4 members (excludes halogenated alkanes) is 6. The fraction of sp³-hybridized carbons (Fsp3) is 0.778. The molecule has 0 saturated carbocycles. The molecule has 1 fully saturated rings. The maximum atomic E-state index is 9.62. The van der Waals surface area contributed by atoms with Crippen molar-refractivity contribution in [3.05, 3.63) is 24.8 Å². The fourth-order valence-corrected chi connectivity index (χ4v) is 2.49. The van der Waals surface area contributed by atoms with Crippen LogP contribution in [0.1, 0.15) is 64.7 Å². The third kappa shape index (κ3) is 8.40. The number of hydrogen-bond donors (Lipinski definition) is 2. The first-order valence-corrected chi connectivity index (χ1v) is 8.49. The summed E-state index contributed by atoms with van der Waals surface area (Å²) in [7, 11) is 0. The van der Waals surface area contributed by atoms with E-state index in [4.69, 9.17) is 4.74 Å². The molecule has 21 heavy (non-hydrogen) atoms. The highest BCUT2D eigenvalue weighted by molar-refractivity contribution is 5.02. The number of hydrogen-bond acceptors (Lipinski definition) is 3. The van der Waals surface area contributed by atoms with Crippen LogP contribution in [0, 0.1) is 0 Å². The molecule has 0 bridgehead atoms. The second-order valence-corrected chi connectivity index (χ2v) is 5.99. The van der Waals surface area contributed by atoms with Crippen molar-refractivity contribution in [1.29, 1.82) is 0 Å². The van der Waals surface area contributed by atoms with E-state index in [1.807, 2.05) is 0 Å². The number of rotatable bonds is 13. The molecule has 1 saturated heterocycles. The van der Waals surface area contributed by atoms with Gasteiger partial charge in [0.25, 0.3) is 0 Å². The molecule has 3 heteroatoms. The molecule has 1 aliphatic heterocycles. The Morgan fingerprint density at radius 1 is 1.14 bits per heavy atom. The van der Waals surface area contributed by atoms with Crippen LogP contribution in [0.4, 0.5) is 0 Å². The van der Waals surface area contributed by atoms with Gasteiger partial charge in [0.05, 0.1) is 18.3 Å². The molecule has 1 heterocycles. The molecule has 0 aromatic rings. The van der Waals surface area contributed by atoms with Crippen molar-refractivity contribution in [1.82, 2.24) is 0 Å². The van der Waals surface area contributed by atoms with Crippen LogP contribution in [0.15, 0.2) is 24.8 Å². The molecule has 0 spiro atoms. The summed E-state index contributed by atoms with van der Waals surface area (Å²) in [6, 6.07) is 0. The number of ether oxygens (including phenoxy) is 1.